The predicted molar refractivity (Wildman–Crippen MR) is 79.4 cm³/mol. The van der Waals surface area contributed by atoms with Crippen molar-refractivity contribution in [2.24, 2.45) is 5.41 Å². The van der Waals surface area contributed by atoms with Crippen LogP contribution in [-0.2, 0) is 4.74 Å². The lowest BCUT2D eigenvalue weighted by Crippen LogP contribution is -2.45. The van der Waals surface area contributed by atoms with Gasteiger partial charge >= 0.3 is 0 Å². The largest absolute Gasteiger partial charge is 0.394 e. The van der Waals surface area contributed by atoms with Crippen LogP contribution in [0.25, 0.3) is 0 Å². The summed E-state index contributed by atoms with van der Waals surface area (Å²) in [5, 5.41) is 12.3. The molecule has 4 heteroatoms. The summed E-state index contributed by atoms with van der Waals surface area (Å²) in [7, 11) is 0. The minimum atomic E-state index is 0.135. The highest BCUT2D eigenvalue weighted by atomic mass is 16.5. The third-order valence-electron chi connectivity index (χ3n) is 3.66. The van der Waals surface area contributed by atoms with Crippen molar-refractivity contribution < 1.29 is 9.84 Å². The molecular formula is C15H32N2O2. The van der Waals surface area contributed by atoms with Crippen LogP contribution in [0.2, 0.25) is 0 Å². The third kappa shape index (κ3) is 7.25. The summed E-state index contributed by atoms with van der Waals surface area (Å²) in [6.07, 6.45) is 3.74. The zero-order valence-electron chi connectivity index (χ0n) is 13.0. The topological polar surface area (TPSA) is 44.7 Å². The second kappa shape index (κ2) is 8.90. The SMILES string of the molecule is CCCNCC(C)(C)CN1CCC(OCCO)CC1. The van der Waals surface area contributed by atoms with Gasteiger partial charge in [-0.05, 0) is 31.2 Å². The molecule has 4 nitrogen and oxygen atoms in total. The van der Waals surface area contributed by atoms with Gasteiger partial charge < -0.3 is 20.1 Å². The van der Waals surface area contributed by atoms with Gasteiger partial charge in [-0.2, -0.15) is 0 Å². The van der Waals surface area contributed by atoms with E-state index in [1.165, 1.54) is 6.42 Å². The Kier molecular flexibility index (Phi) is 7.91. The van der Waals surface area contributed by atoms with Crippen molar-refractivity contribution in [3.05, 3.63) is 0 Å². The Hall–Kier alpha value is -0.160. The Morgan fingerprint density at radius 1 is 1.32 bits per heavy atom. The number of aliphatic hydroxyl groups is 1. The van der Waals surface area contributed by atoms with Crippen molar-refractivity contribution >= 4 is 0 Å². The Morgan fingerprint density at radius 2 is 2.00 bits per heavy atom. The van der Waals surface area contributed by atoms with Crippen molar-refractivity contribution in [1.29, 1.82) is 0 Å². The molecule has 1 fully saturated rings. The van der Waals surface area contributed by atoms with Gasteiger partial charge in [0.1, 0.15) is 0 Å². The first kappa shape index (κ1) is 16.9. The Bertz CT molecular complexity index is 226. The zero-order chi connectivity index (χ0) is 14.1. The maximum Gasteiger partial charge on any atom is 0.0701 e. The van der Waals surface area contributed by atoms with Gasteiger partial charge in [-0.1, -0.05) is 20.8 Å². The van der Waals surface area contributed by atoms with Gasteiger partial charge in [0.05, 0.1) is 19.3 Å². The number of nitrogens with zero attached hydrogens (tertiary/aromatic N) is 1. The van der Waals surface area contributed by atoms with Crippen LogP contribution in [0.1, 0.15) is 40.0 Å². The number of piperidine rings is 1. The molecule has 0 radical (unpaired) electrons. The summed E-state index contributed by atoms with van der Waals surface area (Å²) < 4.78 is 5.60. The molecule has 0 aromatic carbocycles. The molecule has 19 heavy (non-hydrogen) atoms. The molecule has 1 aliphatic heterocycles. The molecule has 0 aromatic heterocycles. The van der Waals surface area contributed by atoms with Crippen molar-refractivity contribution in [3.63, 3.8) is 0 Å². The molecule has 1 heterocycles. The highest BCUT2D eigenvalue weighted by Crippen LogP contribution is 2.20. The maximum atomic E-state index is 8.76. The average Bonchev–Trinajstić information content (AvgIpc) is 2.38. The summed E-state index contributed by atoms with van der Waals surface area (Å²) in [6.45, 7) is 13.1. The van der Waals surface area contributed by atoms with Crippen LogP contribution in [0.3, 0.4) is 0 Å². The molecule has 1 saturated heterocycles. The van der Waals surface area contributed by atoms with Gasteiger partial charge in [0.25, 0.3) is 0 Å². The van der Waals surface area contributed by atoms with Crippen LogP contribution >= 0.6 is 0 Å². The minimum Gasteiger partial charge on any atom is -0.394 e. The van der Waals surface area contributed by atoms with Crippen LogP contribution in [0, 0.1) is 5.41 Å². The Balaban J connectivity index is 2.20. The number of likely N-dealkylation sites (tertiary alicyclic amines) is 1. The van der Waals surface area contributed by atoms with E-state index in [9.17, 15) is 0 Å². The summed E-state index contributed by atoms with van der Waals surface area (Å²) in [6, 6.07) is 0. The van der Waals surface area contributed by atoms with E-state index in [1.54, 1.807) is 0 Å². The van der Waals surface area contributed by atoms with E-state index in [0.29, 0.717) is 18.1 Å². The fourth-order valence-corrected chi connectivity index (χ4v) is 2.72. The van der Waals surface area contributed by atoms with E-state index < -0.39 is 0 Å². The van der Waals surface area contributed by atoms with E-state index >= 15 is 0 Å². The van der Waals surface area contributed by atoms with E-state index in [-0.39, 0.29) is 6.61 Å². The lowest BCUT2D eigenvalue weighted by atomic mass is 9.91. The van der Waals surface area contributed by atoms with E-state index in [1.807, 2.05) is 0 Å². The Labute approximate surface area is 118 Å². The first-order chi connectivity index (χ1) is 9.07. The van der Waals surface area contributed by atoms with Crippen LogP contribution in [0.15, 0.2) is 0 Å². The molecular weight excluding hydrogens is 240 g/mol. The quantitative estimate of drug-likeness (QED) is 0.624. The molecule has 114 valence electrons. The van der Waals surface area contributed by atoms with Gasteiger partial charge in [0.2, 0.25) is 0 Å². The fourth-order valence-electron chi connectivity index (χ4n) is 2.72. The van der Waals surface area contributed by atoms with Gasteiger partial charge in [0, 0.05) is 26.2 Å². The molecule has 0 saturated carbocycles. The second-order valence-corrected chi connectivity index (χ2v) is 6.41. The molecule has 0 atom stereocenters. The molecule has 0 spiro atoms. The summed E-state index contributed by atoms with van der Waals surface area (Å²) in [4.78, 5) is 2.55. The van der Waals surface area contributed by atoms with Crippen LogP contribution in [-0.4, -0.2) is 62.0 Å². The highest BCUT2D eigenvalue weighted by Gasteiger charge is 2.25. The van der Waals surface area contributed by atoms with Crippen molar-refractivity contribution in [3.8, 4) is 0 Å². The lowest BCUT2D eigenvalue weighted by Gasteiger charge is -2.37. The number of ether oxygens (including phenoxy) is 1. The highest BCUT2D eigenvalue weighted by molar-refractivity contribution is 4.80. The first-order valence-corrected chi connectivity index (χ1v) is 7.73. The number of nitrogens with one attached hydrogen (secondary N) is 1. The normalized spacial score (nSPS) is 18.9. The van der Waals surface area contributed by atoms with Crippen molar-refractivity contribution in [2.45, 2.75) is 46.1 Å². The van der Waals surface area contributed by atoms with Crippen LogP contribution < -0.4 is 5.32 Å². The second-order valence-electron chi connectivity index (χ2n) is 6.41. The summed E-state index contributed by atoms with van der Waals surface area (Å²) >= 11 is 0. The van der Waals surface area contributed by atoms with Crippen LogP contribution in [0.5, 0.6) is 0 Å². The lowest BCUT2D eigenvalue weighted by molar-refractivity contribution is -0.0130. The molecule has 0 unspecified atom stereocenters. The molecule has 0 bridgehead atoms. The van der Waals surface area contributed by atoms with E-state index in [0.717, 1.165) is 45.6 Å². The van der Waals surface area contributed by atoms with Crippen LogP contribution in [0.4, 0.5) is 0 Å². The number of rotatable bonds is 9. The van der Waals surface area contributed by atoms with Crippen molar-refractivity contribution in [1.82, 2.24) is 10.2 Å². The number of hydrogen-bond acceptors (Lipinski definition) is 4. The molecule has 1 aliphatic rings. The molecule has 2 N–H and O–H groups in total. The smallest absolute Gasteiger partial charge is 0.0701 e. The predicted octanol–water partition coefficient (Wildman–Crippen LogP) is 1.49. The van der Waals surface area contributed by atoms with Gasteiger partial charge in [-0.25, -0.2) is 0 Å². The number of aliphatic hydroxyl groups excluding tert-OH is 1. The zero-order valence-corrected chi connectivity index (χ0v) is 13.0. The minimum absolute atomic E-state index is 0.135. The molecule has 0 amide bonds. The van der Waals surface area contributed by atoms with Crippen molar-refractivity contribution in [2.75, 3.05) is 45.9 Å². The number of hydrogen-bond donors (Lipinski definition) is 2. The molecule has 0 aliphatic carbocycles. The monoisotopic (exact) mass is 272 g/mol. The molecule has 1 rings (SSSR count). The Morgan fingerprint density at radius 3 is 2.58 bits per heavy atom. The van der Waals surface area contributed by atoms with Gasteiger partial charge in [-0.3, -0.25) is 0 Å². The third-order valence-corrected chi connectivity index (χ3v) is 3.66. The standard InChI is InChI=1S/C15H32N2O2/c1-4-7-16-12-15(2,3)13-17-8-5-14(6-9-17)19-11-10-18/h14,16,18H,4-13H2,1-3H3. The fraction of sp³-hybridized carbons (Fsp3) is 1.00. The first-order valence-electron chi connectivity index (χ1n) is 7.73. The average molecular weight is 272 g/mol. The van der Waals surface area contributed by atoms with Gasteiger partial charge in [-0.15, -0.1) is 0 Å². The van der Waals surface area contributed by atoms with E-state index in [2.05, 4.69) is 31.0 Å². The molecule has 0 aromatic rings. The maximum absolute atomic E-state index is 8.76. The van der Waals surface area contributed by atoms with E-state index in [4.69, 9.17) is 9.84 Å². The summed E-state index contributed by atoms with van der Waals surface area (Å²) in [5.41, 5.74) is 0.327. The summed E-state index contributed by atoms with van der Waals surface area (Å²) in [5.74, 6) is 0. The van der Waals surface area contributed by atoms with Gasteiger partial charge in [0.15, 0.2) is 0 Å².